The minimum absolute atomic E-state index is 0.146. The number of carbonyl (C=O) groups is 1. The number of carbonyl (C=O) groups excluding carboxylic acids is 1. The van der Waals surface area contributed by atoms with Crippen LogP contribution in [0.5, 0.6) is 0 Å². The van der Waals surface area contributed by atoms with Crippen molar-refractivity contribution >= 4 is 16.8 Å². The maximum absolute atomic E-state index is 13.3. The molecule has 2 aliphatic heterocycles. The molecular weight excluding hydrogens is 321 g/mol. The molecule has 2 aliphatic rings. The summed E-state index contributed by atoms with van der Waals surface area (Å²) in [4.78, 5) is 20.3. The Labute approximate surface area is 146 Å². The molecule has 25 heavy (non-hydrogen) atoms. The predicted octanol–water partition coefficient (Wildman–Crippen LogP) is 2.03. The number of morpholine rings is 1. The number of likely N-dealkylation sites (tertiary alicyclic amines) is 1. The van der Waals surface area contributed by atoms with Crippen LogP contribution in [0.25, 0.3) is 10.9 Å². The third-order valence-corrected chi connectivity index (χ3v) is 5.51. The zero-order chi connectivity index (χ0) is 17.4. The van der Waals surface area contributed by atoms with E-state index in [2.05, 4.69) is 16.8 Å². The molecule has 2 saturated heterocycles. The van der Waals surface area contributed by atoms with Crippen LogP contribution >= 0.6 is 0 Å². The molecule has 0 spiro atoms. The molecule has 3 heterocycles. The Morgan fingerprint density at radius 2 is 2.12 bits per heavy atom. The largest absolute Gasteiger partial charge is 0.379 e. The fourth-order valence-corrected chi connectivity index (χ4v) is 4.12. The summed E-state index contributed by atoms with van der Waals surface area (Å²) < 4.78 is 18.7. The summed E-state index contributed by atoms with van der Waals surface area (Å²) >= 11 is 0. The van der Waals surface area contributed by atoms with Crippen molar-refractivity contribution < 1.29 is 13.9 Å². The number of aromatic amines is 1. The average molecular weight is 345 g/mol. The van der Waals surface area contributed by atoms with E-state index in [1.54, 1.807) is 6.07 Å². The maximum atomic E-state index is 13.3. The van der Waals surface area contributed by atoms with Crippen LogP contribution in [-0.2, 0) is 16.0 Å². The van der Waals surface area contributed by atoms with E-state index in [4.69, 9.17) is 4.74 Å². The first kappa shape index (κ1) is 16.5. The Bertz CT molecular complexity index is 769. The number of halogens is 1. The first-order valence-corrected chi connectivity index (χ1v) is 8.97. The van der Waals surface area contributed by atoms with Crippen molar-refractivity contribution in [1.82, 2.24) is 14.8 Å². The van der Waals surface area contributed by atoms with Gasteiger partial charge in [0.25, 0.3) is 0 Å². The standard InChI is InChI=1S/C19H24FN3O2/c1-13-11-23(12-18(13)22-4-6-25-7-5-22)19(24)8-14-10-21-17-9-15(20)2-3-16(14)17/h2-3,9-10,13,18,21H,4-8,11-12H2,1H3/t13-,18+/m1/s1. The lowest BCUT2D eigenvalue weighted by Gasteiger charge is -2.34. The summed E-state index contributed by atoms with van der Waals surface area (Å²) in [6.45, 7) is 7.28. The molecule has 0 bridgehead atoms. The zero-order valence-electron chi connectivity index (χ0n) is 14.5. The van der Waals surface area contributed by atoms with E-state index in [1.165, 1.54) is 12.1 Å². The molecule has 5 nitrogen and oxygen atoms in total. The Morgan fingerprint density at radius 1 is 1.32 bits per heavy atom. The monoisotopic (exact) mass is 345 g/mol. The smallest absolute Gasteiger partial charge is 0.227 e. The van der Waals surface area contributed by atoms with Gasteiger partial charge in [-0.3, -0.25) is 9.69 Å². The van der Waals surface area contributed by atoms with Crippen LogP contribution in [0, 0.1) is 11.7 Å². The summed E-state index contributed by atoms with van der Waals surface area (Å²) in [5.74, 6) is 0.348. The van der Waals surface area contributed by atoms with Gasteiger partial charge < -0.3 is 14.6 Å². The zero-order valence-corrected chi connectivity index (χ0v) is 14.5. The molecule has 2 aromatic rings. The minimum Gasteiger partial charge on any atom is -0.379 e. The number of hydrogen-bond acceptors (Lipinski definition) is 3. The molecule has 2 atom stereocenters. The van der Waals surface area contributed by atoms with E-state index in [9.17, 15) is 9.18 Å². The van der Waals surface area contributed by atoms with Gasteiger partial charge in [0.2, 0.25) is 5.91 Å². The summed E-state index contributed by atoms with van der Waals surface area (Å²) in [5, 5.41) is 0.923. The van der Waals surface area contributed by atoms with Crippen LogP contribution in [0.3, 0.4) is 0 Å². The molecule has 134 valence electrons. The molecule has 1 N–H and O–H groups in total. The molecule has 0 aliphatic carbocycles. The number of nitrogens with zero attached hydrogens (tertiary/aromatic N) is 2. The highest BCUT2D eigenvalue weighted by molar-refractivity contribution is 5.89. The van der Waals surface area contributed by atoms with Crippen molar-refractivity contribution in [3.63, 3.8) is 0 Å². The Balaban J connectivity index is 1.44. The van der Waals surface area contributed by atoms with E-state index in [-0.39, 0.29) is 11.7 Å². The van der Waals surface area contributed by atoms with Crippen molar-refractivity contribution in [3.8, 4) is 0 Å². The van der Waals surface area contributed by atoms with Crippen LogP contribution in [0.4, 0.5) is 4.39 Å². The van der Waals surface area contributed by atoms with E-state index in [1.807, 2.05) is 11.1 Å². The first-order chi connectivity index (χ1) is 12.1. The van der Waals surface area contributed by atoms with Crippen LogP contribution < -0.4 is 0 Å². The molecule has 1 amide bonds. The molecule has 6 heteroatoms. The third kappa shape index (κ3) is 3.28. The van der Waals surface area contributed by atoms with Crippen molar-refractivity contribution in [2.45, 2.75) is 19.4 Å². The predicted molar refractivity (Wildman–Crippen MR) is 93.9 cm³/mol. The Morgan fingerprint density at radius 3 is 2.92 bits per heavy atom. The van der Waals surface area contributed by atoms with Crippen LogP contribution in [0.15, 0.2) is 24.4 Å². The van der Waals surface area contributed by atoms with Gasteiger partial charge in [-0.05, 0) is 29.7 Å². The number of rotatable bonds is 3. The van der Waals surface area contributed by atoms with E-state index in [0.29, 0.717) is 18.4 Å². The molecule has 1 aromatic heterocycles. The Kier molecular flexibility index (Phi) is 4.48. The summed E-state index contributed by atoms with van der Waals surface area (Å²) in [5.41, 5.74) is 1.67. The van der Waals surface area contributed by atoms with Gasteiger partial charge in [0.05, 0.1) is 19.6 Å². The average Bonchev–Trinajstić information content (AvgIpc) is 3.19. The van der Waals surface area contributed by atoms with Gasteiger partial charge in [-0.25, -0.2) is 4.39 Å². The summed E-state index contributed by atoms with van der Waals surface area (Å²) in [7, 11) is 0. The number of nitrogens with one attached hydrogen (secondary N) is 1. The lowest BCUT2D eigenvalue weighted by Crippen LogP contribution is -2.47. The van der Waals surface area contributed by atoms with Gasteiger partial charge >= 0.3 is 0 Å². The number of H-pyrrole nitrogens is 1. The topological polar surface area (TPSA) is 48.6 Å². The molecule has 0 unspecified atom stereocenters. The van der Waals surface area contributed by atoms with Gasteiger partial charge in [-0.1, -0.05) is 6.92 Å². The first-order valence-electron chi connectivity index (χ1n) is 8.97. The molecular formula is C19H24FN3O2. The number of benzene rings is 1. The van der Waals surface area contributed by atoms with Gasteiger partial charge in [0.15, 0.2) is 0 Å². The lowest BCUT2D eigenvalue weighted by molar-refractivity contribution is -0.129. The van der Waals surface area contributed by atoms with Crippen LogP contribution in [0.1, 0.15) is 12.5 Å². The van der Waals surface area contributed by atoms with Crippen LogP contribution in [-0.4, -0.2) is 66.1 Å². The highest BCUT2D eigenvalue weighted by Gasteiger charge is 2.36. The molecule has 0 saturated carbocycles. The quantitative estimate of drug-likeness (QED) is 0.926. The molecule has 0 radical (unpaired) electrons. The second-order valence-corrected chi connectivity index (χ2v) is 7.17. The van der Waals surface area contributed by atoms with Gasteiger partial charge in [0.1, 0.15) is 5.82 Å². The number of ether oxygens (including phenoxy) is 1. The summed E-state index contributed by atoms with van der Waals surface area (Å²) in [6, 6.07) is 5.07. The van der Waals surface area contributed by atoms with Crippen molar-refractivity contribution in [2.75, 3.05) is 39.4 Å². The van der Waals surface area contributed by atoms with Crippen LogP contribution in [0.2, 0.25) is 0 Å². The van der Waals surface area contributed by atoms with Gasteiger partial charge in [-0.15, -0.1) is 0 Å². The van der Waals surface area contributed by atoms with E-state index in [0.717, 1.165) is 55.9 Å². The normalized spacial score (nSPS) is 25.0. The van der Waals surface area contributed by atoms with Crippen molar-refractivity contribution in [3.05, 3.63) is 35.8 Å². The second kappa shape index (κ2) is 6.77. The SMILES string of the molecule is C[C@@H]1CN(C(=O)Cc2c[nH]c3cc(F)ccc23)C[C@@H]1N1CCOCC1. The second-order valence-electron chi connectivity index (χ2n) is 7.17. The number of aromatic nitrogens is 1. The minimum atomic E-state index is -0.269. The number of amides is 1. The Hall–Kier alpha value is -1.92. The summed E-state index contributed by atoms with van der Waals surface area (Å²) in [6.07, 6.45) is 2.18. The molecule has 2 fully saturated rings. The van der Waals surface area contributed by atoms with E-state index >= 15 is 0 Å². The fraction of sp³-hybridized carbons (Fsp3) is 0.526. The highest BCUT2D eigenvalue weighted by atomic mass is 19.1. The highest BCUT2D eigenvalue weighted by Crippen LogP contribution is 2.25. The van der Waals surface area contributed by atoms with Crippen molar-refractivity contribution in [1.29, 1.82) is 0 Å². The number of hydrogen-bond donors (Lipinski definition) is 1. The third-order valence-electron chi connectivity index (χ3n) is 5.51. The lowest BCUT2D eigenvalue weighted by atomic mass is 10.0. The van der Waals surface area contributed by atoms with Gasteiger partial charge in [-0.2, -0.15) is 0 Å². The van der Waals surface area contributed by atoms with Gasteiger partial charge in [0, 0.05) is 49.3 Å². The fourth-order valence-electron chi connectivity index (χ4n) is 4.12. The number of fused-ring (bicyclic) bond motifs is 1. The molecule has 4 rings (SSSR count). The maximum Gasteiger partial charge on any atom is 0.227 e. The molecule has 1 aromatic carbocycles. The van der Waals surface area contributed by atoms with Crippen molar-refractivity contribution in [2.24, 2.45) is 5.92 Å². The van der Waals surface area contributed by atoms with E-state index < -0.39 is 0 Å².